The first-order valence-electron chi connectivity index (χ1n) is 7.31. The molecule has 3 rings (SSSR count). The van der Waals surface area contributed by atoms with E-state index in [0.717, 1.165) is 30.1 Å². The van der Waals surface area contributed by atoms with Crippen LogP contribution in [0.5, 0.6) is 0 Å². The molecule has 1 amide bonds. The molecule has 4 nitrogen and oxygen atoms in total. The molecule has 112 valence electrons. The fourth-order valence-corrected chi connectivity index (χ4v) is 4.04. The van der Waals surface area contributed by atoms with Gasteiger partial charge in [-0.25, -0.2) is 4.98 Å². The van der Waals surface area contributed by atoms with Gasteiger partial charge in [0.2, 0.25) is 5.91 Å². The Hall–Kier alpha value is -1.24. The van der Waals surface area contributed by atoms with E-state index >= 15 is 0 Å². The predicted octanol–water partition coefficient (Wildman–Crippen LogP) is 3.59. The van der Waals surface area contributed by atoms with Crippen molar-refractivity contribution in [1.29, 1.82) is 0 Å². The van der Waals surface area contributed by atoms with E-state index in [2.05, 4.69) is 15.6 Å². The normalized spacial score (nSPS) is 16.0. The minimum absolute atomic E-state index is 0.0839. The number of thiophene rings is 1. The summed E-state index contributed by atoms with van der Waals surface area (Å²) in [5, 5.41) is 11.0. The quantitative estimate of drug-likeness (QED) is 0.885. The molecule has 0 radical (unpaired) electrons. The zero-order chi connectivity index (χ0) is 14.5. The van der Waals surface area contributed by atoms with Crippen molar-refractivity contribution in [2.24, 2.45) is 5.92 Å². The van der Waals surface area contributed by atoms with Gasteiger partial charge in [-0.3, -0.25) is 4.79 Å². The maximum atomic E-state index is 12.0. The standard InChI is InChI=1S/C15H19N3OS2/c19-14(4-3-11-5-7-16-8-6-11)18-15-17-12(10-21-15)13-2-1-9-20-13/h1-2,9-11,16H,3-8H2,(H,17,18,19). The lowest BCUT2D eigenvalue weighted by molar-refractivity contribution is -0.116. The Kier molecular flexibility index (Phi) is 5.00. The number of hydrogen-bond donors (Lipinski definition) is 2. The fraction of sp³-hybridized carbons (Fsp3) is 0.467. The molecule has 21 heavy (non-hydrogen) atoms. The van der Waals surface area contributed by atoms with Crippen LogP contribution in [0, 0.1) is 5.92 Å². The summed E-state index contributed by atoms with van der Waals surface area (Å²) in [4.78, 5) is 17.6. The smallest absolute Gasteiger partial charge is 0.226 e. The van der Waals surface area contributed by atoms with Crippen LogP contribution in [0.2, 0.25) is 0 Å². The Morgan fingerprint density at radius 2 is 2.24 bits per heavy atom. The van der Waals surface area contributed by atoms with Crippen molar-refractivity contribution < 1.29 is 4.79 Å². The molecule has 1 aliphatic rings. The Morgan fingerprint density at radius 3 is 3.00 bits per heavy atom. The second-order valence-electron chi connectivity index (χ2n) is 5.30. The highest BCUT2D eigenvalue weighted by Crippen LogP contribution is 2.28. The van der Waals surface area contributed by atoms with Crippen LogP contribution in [0.15, 0.2) is 22.9 Å². The van der Waals surface area contributed by atoms with Gasteiger partial charge in [-0.05, 0) is 49.7 Å². The van der Waals surface area contributed by atoms with Crippen molar-refractivity contribution in [3.05, 3.63) is 22.9 Å². The molecule has 1 saturated heterocycles. The summed E-state index contributed by atoms with van der Waals surface area (Å²) in [6, 6.07) is 4.05. The Morgan fingerprint density at radius 1 is 1.38 bits per heavy atom. The monoisotopic (exact) mass is 321 g/mol. The van der Waals surface area contributed by atoms with Gasteiger partial charge in [0.05, 0.1) is 10.6 Å². The van der Waals surface area contributed by atoms with E-state index in [9.17, 15) is 4.79 Å². The van der Waals surface area contributed by atoms with Crippen LogP contribution in [0.4, 0.5) is 5.13 Å². The molecule has 2 aromatic heterocycles. The van der Waals surface area contributed by atoms with Crippen molar-refractivity contribution in [2.45, 2.75) is 25.7 Å². The summed E-state index contributed by atoms with van der Waals surface area (Å²) >= 11 is 3.15. The van der Waals surface area contributed by atoms with Crippen molar-refractivity contribution >= 4 is 33.7 Å². The van der Waals surface area contributed by atoms with E-state index in [1.807, 2.05) is 22.9 Å². The molecule has 0 saturated carbocycles. The molecule has 1 fully saturated rings. The maximum Gasteiger partial charge on any atom is 0.226 e. The summed E-state index contributed by atoms with van der Waals surface area (Å²) in [7, 11) is 0. The molecular weight excluding hydrogens is 302 g/mol. The number of aromatic nitrogens is 1. The van der Waals surface area contributed by atoms with E-state index in [-0.39, 0.29) is 5.91 Å². The first-order valence-corrected chi connectivity index (χ1v) is 9.07. The number of amides is 1. The number of piperidine rings is 1. The van der Waals surface area contributed by atoms with Crippen molar-refractivity contribution in [3.8, 4) is 10.6 Å². The minimum Gasteiger partial charge on any atom is -0.317 e. The number of nitrogens with zero attached hydrogens (tertiary/aromatic N) is 1. The fourth-order valence-electron chi connectivity index (χ4n) is 2.56. The highest BCUT2D eigenvalue weighted by molar-refractivity contribution is 7.16. The lowest BCUT2D eigenvalue weighted by Crippen LogP contribution is -2.28. The third-order valence-electron chi connectivity index (χ3n) is 3.76. The Labute approximate surface area is 132 Å². The van der Waals surface area contributed by atoms with Crippen LogP contribution in [0.25, 0.3) is 10.6 Å². The largest absolute Gasteiger partial charge is 0.317 e. The van der Waals surface area contributed by atoms with Gasteiger partial charge in [0, 0.05) is 11.8 Å². The van der Waals surface area contributed by atoms with Crippen LogP contribution < -0.4 is 10.6 Å². The first-order chi connectivity index (χ1) is 10.3. The van der Waals surface area contributed by atoms with Crippen LogP contribution in [0.3, 0.4) is 0 Å². The molecule has 0 spiro atoms. The van der Waals surface area contributed by atoms with E-state index in [1.54, 1.807) is 11.3 Å². The van der Waals surface area contributed by atoms with Crippen LogP contribution in [0.1, 0.15) is 25.7 Å². The SMILES string of the molecule is O=C(CCC1CCNCC1)Nc1nc(-c2cccs2)cs1. The lowest BCUT2D eigenvalue weighted by atomic mass is 9.93. The van der Waals surface area contributed by atoms with Crippen molar-refractivity contribution in [1.82, 2.24) is 10.3 Å². The van der Waals surface area contributed by atoms with Crippen LogP contribution in [-0.2, 0) is 4.79 Å². The number of nitrogens with one attached hydrogen (secondary N) is 2. The van der Waals surface area contributed by atoms with Gasteiger partial charge in [0.1, 0.15) is 0 Å². The predicted molar refractivity (Wildman–Crippen MR) is 88.9 cm³/mol. The van der Waals surface area contributed by atoms with Gasteiger partial charge in [-0.1, -0.05) is 6.07 Å². The highest BCUT2D eigenvalue weighted by atomic mass is 32.1. The summed E-state index contributed by atoms with van der Waals surface area (Å²) in [6.07, 6.45) is 3.95. The zero-order valence-corrected chi connectivity index (χ0v) is 13.4. The maximum absolute atomic E-state index is 12.0. The molecule has 0 aromatic carbocycles. The second-order valence-corrected chi connectivity index (χ2v) is 7.10. The number of thiazole rings is 1. The Balaban J connectivity index is 1.48. The second kappa shape index (κ2) is 7.15. The molecule has 6 heteroatoms. The van der Waals surface area contributed by atoms with Crippen molar-refractivity contribution in [2.75, 3.05) is 18.4 Å². The topological polar surface area (TPSA) is 54.0 Å². The molecule has 1 aliphatic heterocycles. The van der Waals surface area contributed by atoms with Crippen LogP contribution in [-0.4, -0.2) is 24.0 Å². The van der Waals surface area contributed by atoms with Crippen molar-refractivity contribution in [3.63, 3.8) is 0 Å². The van der Waals surface area contributed by atoms with E-state index in [0.29, 0.717) is 17.5 Å². The molecule has 0 unspecified atom stereocenters. The lowest BCUT2D eigenvalue weighted by Gasteiger charge is -2.21. The molecule has 3 heterocycles. The third kappa shape index (κ3) is 4.12. The first kappa shape index (κ1) is 14.7. The van der Waals surface area contributed by atoms with E-state index in [4.69, 9.17) is 0 Å². The van der Waals surface area contributed by atoms with Gasteiger partial charge in [-0.2, -0.15) is 0 Å². The highest BCUT2D eigenvalue weighted by Gasteiger charge is 2.15. The van der Waals surface area contributed by atoms with E-state index in [1.165, 1.54) is 24.2 Å². The minimum atomic E-state index is 0.0839. The number of carbonyl (C=O) groups excluding carboxylic acids is 1. The number of carbonyl (C=O) groups is 1. The third-order valence-corrected chi connectivity index (χ3v) is 5.41. The average Bonchev–Trinajstić information content (AvgIpc) is 3.17. The van der Waals surface area contributed by atoms with E-state index < -0.39 is 0 Å². The van der Waals surface area contributed by atoms with Gasteiger partial charge in [-0.15, -0.1) is 22.7 Å². The van der Waals surface area contributed by atoms with Gasteiger partial charge in [0.15, 0.2) is 5.13 Å². The molecule has 0 aliphatic carbocycles. The summed E-state index contributed by atoms with van der Waals surface area (Å²) in [6.45, 7) is 2.17. The number of rotatable bonds is 5. The molecular formula is C15H19N3OS2. The average molecular weight is 321 g/mol. The summed E-state index contributed by atoms with van der Waals surface area (Å²) in [5.74, 6) is 0.774. The molecule has 0 bridgehead atoms. The Bertz CT molecular complexity index is 574. The molecule has 2 aromatic rings. The van der Waals surface area contributed by atoms with Gasteiger partial charge in [0.25, 0.3) is 0 Å². The summed E-state index contributed by atoms with van der Waals surface area (Å²) < 4.78 is 0. The zero-order valence-electron chi connectivity index (χ0n) is 11.8. The van der Waals surface area contributed by atoms with Crippen LogP contribution >= 0.6 is 22.7 Å². The number of hydrogen-bond acceptors (Lipinski definition) is 5. The number of anilines is 1. The molecule has 2 N–H and O–H groups in total. The van der Waals surface area contributed by atoms with Gasteiger partial charge < -0.3 is 10.6 Å². The molecule has 0 atom stereocenters. The summed E-state index contributed by atoms with van der Waals surface area (Å²) in [5.41, 5.74) is 0.948. The van der Waals surface area contributed by atoms with Gasteiger partial charge >= 0.3 is 0 Å².